The Labute approximate surface area is 190 Å². The predicted molar refractivity (Wildman–Crippen MR) is 118 cm³/mol. The van der Waals surface area contributed by atoms with Gasteiger partial charge in [-0.3, -0.25) is 4.90 Å². The quantitative estimate of drug-likeness (QED) is 0.556. The van der Waals surface area contributed by atoms with Crippen molar-refractivity contribution in [2.24, 2.45) is 0 Å². The maximum absolute atomic E-state index is 13.4. The highest BCUT2D eigenvalue weighted by Crippen LogP contribution is 2.36. The smallest absolute Gasteiger partial charge is 0.418 e. The Balaban J connectivity index is 1.71. The van der Waals surface area contributed by atoms with Crippen LogP contribution in [0.4, 0.5) is 18.9 Å². The molecule has 1 N–H and O–H groups in total. The molecule has 1 aromatic heterocycles. The normalized spacial score (nSPS) is 15.1. The molecule has 0 unspecified atom stereocenters. The summed E-state index contributed by atoms with van der Waals surface area (Å²) >= 11 is 11.4. The van der Waals surface area contributed by atoms with Gasteiger partial charge in [0.1, 0.15) is 11.5 Å². The fourth-order valence-electron chi connectivity index (χ4n) is 3.38. The number of alkyl halides is 3. The third kappa shape index (κ3) is 7.10. The van der Waals surface area contributed by atoms with E-state index in [1.807, 2.05) is 24.0 Å². The molecule has 1 aliphatic rings. The number of nitrogens with zero attached hydrogens (tertiary/aromatic N) is 2. The summed E-state index contributed by atoms with van der Waals surface area (Å²) in [7, 11) is 0. The van der Waals surface area contributed by atoms with Crippen LogP contribution in [0.15, 0.2) is 34.7 Å². The minimum Gasteiger partial charge on any atom is -0.464 e. The van der Waals surface area contributed by atoms with Crippen molar-refractivity contribution in [1.29, 1.82) is 0 Å². The van der Waals surface area contributed by atoms with E-state index in [-0.39, 0.29) is 15.8 Å². The summed E-state index contributed by atoms with van der Waals surface area (Å²) in [5.74, 6) is 1.45. The van der Waals surface area contributed by atoms with E-state index >= 15 is 0 Å². The van der Waals surface area contributed by atoms with Gasteiger partial charge in [-0.05, 0) is 55.9 Å². The summed E-state index contributed by atoms with van der Waals surface area (Å²) < 4.78 is 51.3. The molecule has 1 aromatic carbocycles. The second kappa shape index (κ2) is 10.7. The van der Waals surface area contributed by atoms with Gasteiger partial charge in [-0.15, -0.1) is 0 Å². The number of benzene rings is 1. The summed E-state index contributed by atoms with van der Waals surface area (Å²) in [6, 6.07) is 7.08. The molecular weight excluding hydrogens is 451 g/mol. The van der Waals surface area contributed by atoms with Gasteiger partial charge in [0.15, 0.2) is 5.11 Å². The molecule has 1 saturated heterocycles. The second-order valence-corrected chi connectivity index (χ2v) is 8.18. The molecule has 1 aliphatic heterocycles. The lowest BCUT2D eigenvalue weighted by Gasteiger charge is -2.29. The summed E-state index contributed by atoms with van der Waals surface area (Å²) in [6.07, 6.45) is -3.73. The Morgan fingerprint density at radius 1 is 1.23 bits per heavy atom. The van der Waals surface area contributed by atoms with Crippen LogP contribution in [0.3, 0.4) is 0 Å². The van der Waals surface area contributed by atoms with E-state index in [0.29, 0.717) is 32.1 Å². The Hall–Kier alpha value is -1.81. The van der Waals surface area contributed by atoms with Crippen LogP contribution >= 0.6 is 23.8 Å². The lowest BCUT2D eigenvalue weighted by Crippen LogP contribution is -2.40. The van der Waals surface area contributed by atoms with Gasteiger partial charge < -0.3 is 19.4 Å². The van der Waals surface area contributed by atoms with Crippen molar-refractivity contribution in [3.63, 3.8) is 0 Å². The Morgan fingerprint density at radius 3 is 2.61 bits per heavy atom. The number of morpholine rings is 1. The first-order valence-electron chi connectivity index (χ1n) is 10.0. The highest BCUT2D eigenvalue weighted by molar-refractivity contribution is 7.80. The van der Waals surface area contributed by atoms with Crippen molar-refractivity contribution >= 4 is 34.6 Å². The molecule has 0 aliphatic carbocycles. The zero-order valence-electron chi connectivity index (χ0n) is 17.2. The van der Waals surface area contributed by atoms with Crippen molar-refractivity contribution in [3.05, 3.63) is 52.4 Å². The van der Waals surface area contributed by atoms with E-state index in [0.717, 1.165) is 37.9 Å². The minimum absolute atomic E-state index is 0.168. The fourth-order valence-corrected chi connectivity index (χ4v) is 3.82. The molecule has 10 heteroatoms. The highest BCUT2D eigenvalue weighted by atomic mass is 35.5. The number of rotatable bonds is 7. The number of thiocarbonyl (C=S) groups is 1. The number of ether oxygens (including phenoxy) is 1. The first kappa shape index (κ1) is 23.8. The van der Waals surface area contributed by atoms with E-state index in [4.69, 9.17) is 33.0 Å². The average Bonchev–Trinajstić information content (AvgIpc) is 3.12. The van der Waals surface area contributed by atoms with E-state index < -0.39 is 11.7 Å². The Kier molecular flexibility index (Phi) is 8.21. The fraction of sp³-hybridized carbons (Fsp3) is 0.476. The minimum atomic E-state index is -4.53. The maximum Gasteiger partial charge on any atom is 0.418 e. The standard InChI is InChI=1S/C21H25ClF3N3O2S/c1-15-3-5-17(30-15)14-28(8-2-7-27-9-11-29-12-10-27)20(31)26-19-13-16(22)4-6-18(19)21(23,24)25/h3-6,13H,2,7-12,14H2,1H3,(H,26,31). The first-order valence-corrected chi connectivity index (χ1v) is 10.8. The molecule has 1 fully saturated rings. The zero-order chi connectivity index (χ0) is 22.4. The molecule has 0 amide bonds. The van der Waals surface area contributed by atoms with E-state index in [1.165, 1.54) is 12.1 Å². The molecule has 0 spiro atoms. The van der Waals surface area contributed by atoms with Gasteiger partial charge in [-0.2, -0.15) is 13.2 Å². The molecule has 2 aromatic rings. The zero-order valence-corrected chi connectivity index (χ0v) is 18.7. The summed E-state index contributed by atoms with van der Waals surface area (Å²) in [5.41, 5.74) is -0.986. The van der Waals surface area contributed by atoms with Gasteiger partial charge in [0.25, 0.3) is 0 Å². The molecular formula is C21H25ClF3N3O2S. The topological polar surface area (TPSA) is 40.9 Å². The molecule has 3 rings (SSSR count). The summed E-state index contributed by atoms with van der Waals surface area (Å²) in [5, 5.41) is 3.13. The summed E-state index contributed by atoms with van der Waals surface area (Å²) in [4.78, 5) is 4.11. The SMILES string of the molecule is Cc1ccc(CN(CCCN2CCOCC2)C(=S)Nc2cc(Cl)ccc2C(F)(F)F)o1. The van der Waals surface area contributed by atoms with Crippen LogP contribution in [0, 0.1) is 6.92 Å². The molecule has 170 valence electrons. The van der Waals surface area contributed by atoms with Crippen molar-refractivity contribution in [2.75, 3.05) is 44.7 Å². The monoisotopic (exact) mass is 475 g/mol. The van der Waals surface area contributed by atoms with E-state index in [2.05, 4.69) is 10.2 Å². The highest BCUT2D eigenvalue weighted by Gasteiger charge is 2.34. The third-order valence-corrected chi connectivity index (χ3v) is 5.56. The van der Waals surface area contributed by atoms with Gasteiger partial charge >= 0.3 is 6.18 Å². The largest absolute Gasteiger partial charge is 0.464 e. The average molecular weight is 476 g/mol. The van der Waals surface area contributed by atoms with Gasteiger partial charge in [0.2, 0.25) is 0 Å². The molecule has 2 heterocycles. The summed E-state index contributed by atoms with van der Waals surface area (Å²) in [6.45, 7) is 6.77. The van der Waals surface area contributed by atoms with Gasteiger partial charge in [-0.1, -0.05) is 11.6 Å². The number of nitrogens with one attached hydrogen (secondary N) is 1. The second-order valence-electron chi connectivity index (χ2n) is 7.36. The van der Waals surface area contributed by atoms with Crippen molar-refractivity contribution in [2.45, 2.75) is 26.1 Å². The van der Waals surface area contributed by atoms with Crippen molar-refractivity contribution in [3.8, 4) is 0 Å². The van der Waals surface area contributed by atoms with Gasteiger partial charge in [0, 0.05) is 31.2 Å². The van der Waals surface area contributed by atoms with Crippen LogP contribution in [0.25, 0.3) is 0 Å². The van der Waals surface area contributed by atoms with Crippen LogP contribution in [0.5, 0.6) is 0 Å². The number of anilines is 1. The van der Waals surface area contributed by atoms with Crippen molar-refractivity contribution in [1.82, 2.24) is 9.80 Å². The van der Waals surface area contributed by atoms with Crippen LogP contribution in [0.2, 0.25) is 5.02 Å². The number of furan rings is 1. The molecule has 0 radical (unpaired) electrons. The number of halogens is 4. The number of hydrogen-bond acceptors (Lipinski definition) is 4. The van der Waals surface area contributed by atoms with Crippen LogP contribution in [-0.2, 0) is 17.5 Å². The maximum atomic E-state index is 13.4. The molecule has 0 atom stereocenters. The third-order valence-electron chi connectivity index (χ3n) is 4.96. The molecule has 0 saturated carbocycles. The lowest BCUT2D eigenvalue weighted by atomic mass is 10.1. The molecule has 31 heavy (non-hydrogen) atoms. The van der Waals surface area contributed by atoms with Crippen LogP contribution in [0.1, 0.15) is 23.5 Å². The van der Waals surface area contributed by atoms with Crippen molar-refractivity contribution < 1.29 is 22.3 Å². The van der Waals surface area contributed by atoms with Crippen LogP contribution < -0.4 is 5.32 Å². The predicted octanol–water partition coefficient (Wildman–Crippen LogP) is 5.18. The lowest BCUT2D eigenvalue weighted by molar-refractivity contribution is -0.136. The van der Waals surface area contributed by atoms with Gasteiger partial charge in [-0.25, -0.2) is 0 Å². The van der Waals surface area contributed by atoms with E-state index in [9.17, 15) is 13.2 Å². The Morgan fingerprint density at radius 2 is 1.97 bits per heavy atom. The van der Waals surface area contributed by atoms with Gasteiger partial charge in [0.05, 0.1) is 31.0 Å². The van der Waals surface area contributed by atoms with Crippen LogP contribution in [-0.4, -0.2) is 54.3 Å². The first-order chi connectivity index (χ1) is 14.7. The molecule has 5 nitrogen and oxygen atoms in total. The number of hydrogen-bond donors (Lipinski definition) is 1. The van der Waals surface area contributed by atoms with E-state index in [1.54, 1.807) is 0 Å². The Bertz CT molecular complexity index is 885. The molecule has 0 bridgehead atoms. The number of aryl methyl sites for hydroxylation is 1.